The average molecular weight is 412 g/mol. The number of halogens is 1. The quantitative estimate of drug-likeness (QED) is 0.673. The Bertz CT molecular complexity index is 699. The molecule has 6 nitrogen and oxygen atoms in total. The smallest absolute Gasteiger partial charge is 0.334 e. The Morgan fingerprint density at radius 1 is 1.28 bits per heavy atom. The summed E-state index contributed by atoms with van der Waals surface area (Å²) in [5.74, 6) is 0.0982. The summed E-state index contributed by atoms with van der Waals surface area (Å²) in [7, 11) is 1.55. The van der Waals surface area contributed by atoms with Gasteiger partial charge in [0.2, 0.25) is 5.91 Å². The topological polar surface area (TPSA) is 84.9 Å². The number of esters is 1. The van der Waals surface area contributed by atoms with E-state index in [1.807, 2.05) is 0 Å². The number of aromatic hydroxyl groups is 1. The van der Waals surface area contributed by atoms with Gasteiger partial charge in [0.25, 0.3) is 0 Å². The molecule has 0 spiro atoms. The van der Waals surface area contributed by atoms with E-state index < -0.39 is 5.97 Å². The molecular formula is C18H22BrNO5. The fraction of sp³-hybridized carbons (Fsp3) is 0.444. The third kappa shape index (κ3) is 4.75. The van der Waals surface area contributed by atoms with Gasteiger partial charge in [0.15, 0.2) is 0 Å². The van der Waals surface area contributed by atoms with Crippen LogP contribution < -0.4 is 10.1 Å². The first-order chi connectivity index (χ1) is 12.0. The SMILES string of the molecule is CCOC(=O)C1=C(C(=O)NCCc2cc(OC)c(Br)cc2O)CCC1. The van der Waals surface area contributed by atoms with Crippen molar-refractivity contribution in [2.45, 2.75) is 32.6 Å². The van der Waals surface area contributed by atoms with Crippen molar-refractivity contribution in [3.63, 3.8) is 0 Å². The molecule has 0 aromatic heterocycles. The summed E-state index contributed by atoms with van der Waals surface area (Å²) in [5, 5.41) is 12.8. The standard InChI is InChI=1S/C18H22BrNO5/c1-3-25-18(23)13-6-4-5-12(13)17(22)20-8-7-11-9-16(24-2)14(19)10-15(11)21/h9-10,21H,3-8H2,1-2H3,(H,20,22). The largest absolute Gasteiger partial charge is 0.508 e. The third-order valence-corrected chi connectivity index (χ3v) is 4.67. The second-order valence-electron chi connectivity index (χ2n) is 5.65. The molecule has 7 heteroatoms. The minimum atomic E-state index is -0.402. The number of benzene rings is 1. The van der Waals surface area contributed by atoms with Crippen LogP contribution in [0.1, 0.15) is 31.7 Å². The average Bonchev–Trinajstić information content (AvgIpc) is 3.06. The Labute approximate surface area is 155 Å². The molecule has 0 saturated heterocycles. The van der Waals surface area contributed by atoms with Crippen LogP contribution in [0.5, 0.6) is 11.5 Å². The highest BCUT2D eigenvalue weighted by molar-refractivity contribution is 9.10. The molecule has 0 fully saturated rings. The minimum Gasteiger partial charge on any atom is -0.508 e. The van der Waals surface area contributed by atoms with Gasteiger partial charge < -0.3 is 19.9 Å². The van der Waals surface area contributed by atoms with Crippen molar-refractivity contribution in [1.29, 1.82) is 0 Å². The van der Waals surface area contributed by atoms with Crippen molar-refractivity contribution in [1.82, 2.24) is 5.32 Å². The molecule has 0 saturated carbocycles. The summed E-state index contributed by atoms with van der Waals surface area (Å²) in [6, 6.07) is 3.29. The van der Waals surface area contributed by atoms with Crippen LogP contribution in [-0.4, -0.2) is 37.2 Å². The molecule has 0 unspecified atom stereocenters. The van der Waals surface area contributed by atoms with Crippen LogP contribution in [0.3, 0.4) is 0 Å². The van der Waals surface area contributed by atoms with Crippen LogP contribution in [0, 0.1) is 0 Å². The van der Waals surface area contributed by atoms with Crippen LogP contribution in [-0.2, 0) is 20.7 Å². The van der Waals surface area contributed by atoms with Crippen molar-refractivity contribution < 1.29 is 24.2 Å². The van der Waals surface area contributed by atoms with Crippen molar-refractivity contribution in [3.05, 3.63) is 33.3 Å². The van der Waals surface area contributed by atoms with Gasteiger partial charge in [-0.15, -0.1) is 0 Å². The van der Waals surface area contributed by atoms with E-state index in [-0.39, 0.29) is 11.7 Å². The highest BCUT2D eigenvalue weighted by Crippen LogP contribution is 2.32. The van der Waals surface area contributed by atoms with Gasteiger partial charge in [-0.25, -0.2) is 4.79 Å². The van der Waals surface area contributed by atoms with E-state index in [2.05, 4.69) is 21.2 Å². The molecule has 0 aliphatic heterocycles. The van der Waals surface area contributed by atoms with Gasteiger partial charge in [-0.2, -0.15) is 0 Å². The number of hydrogen-bond donors (Lipinski definition) is 2. The predicted molar refractivity (Wildman–Crippen MR) is 96.6 cm³/mol. The van der Waals surface area contributed by atoms with Crippen molar-refractivity contribution >= 4 is 27.8 Å². The molecule has 1 aliphatic carbocycles. The number of methoxy groups -OCH3 is 1. The summed E-state index contributed by atoms with van der Waals surface area (Å²) < 4.78 is 10.9. The van der Waals surface area contributed by atoms with Gasteiger partial charge in [0.05, 0.1) is 18.2 Å². The lowest BCUT2D eigenvalue weighted by Crippen LogP contribution is -2.28. The lowest BCUT2D eigenvalue weighted by atomic mass is 10.1. The highest BCUT2D eigenvalue weighted by atomic mass is 79.9. The second-order valence-corrected chi connectivity index (χ2v) is 6.51. The maximum Gasteiger partial charge on any atom is 0.334 e. The molecule has 0 atom stereocenters. The lowest BCUT2D eigenvalue weighted by Gasteiger charge is -2.11. The Balaban J connectivity index is 1.99. The number of ether oxygens (including phenoxy) is 2. The second kappa shape index (κ2) is 8.89. The number of phenolic OH excluding ortho intramolecular Hbond substituents is 1. The van der Waals surface area contributed by atoms with E-state index in [1.54, 1.807) is 26.2 Å². The third-order valence-electron chi connectivity index (χ3n) is 4.05. The first-order valence-corrected chi connectivity index (χ1v) is 9.00. The Kier molecular flexibility index (Phi) is 6.87. The molecule has 0 bridgehead atoms. The van der Waals surface area contributed by atoms with Crippen LogP contribution in [0.15, 0.2) is 27.8 Å². The maximum atomic E-state index is 12.3. The summed E-state index contributed by atoms with van der Waals surface area (Å²) in [4.78, 5) is 24.2. The fourth-order valence-corrected chi connectivity index (χ4v) is 3.29. The summed E-state index contributed by atoms with van der Waals surface area (Å²) in [6.07, 6.45) is 2.38. The molecule has 1 aromatic rings. The van der Waals surface area contributed by atoms with E-state index in [1.165, 1.54) is 0 Å². The molecule has 1 amide bonds. The number of carbonyl (C=O) groups excluding carboxylic acids is 2. The summed E-state index contributed by atoms with van der Waals surface area (Å²) >= 11 is 3.31. The van der Waals surface area contributed by atoms with E-state index in [0.717, 1.165) is 6.42 Å². The van der Waals surface area contributed by atoms with E-state index in [9.17, 15) is 14.7 Å². The number of hydrogen-bond acceptors (Lipinski definition) is 5. The molecule has 1 aromatic carbocycles. The number of carbonyl (C=O) groups is 2. The molecular weight excluding hydrogens is 390 g/mol. The summed E-state index contributed by atoms with van der Waals surface area (Å²) in [5.41, 5.74) is 1.66. The van der Waals surface area contributed by atoms with E-state index >= 15 is 0 Å². The maximum absolute atomic E-state index is 12.3. The van der Waals surface area contributed by atoms with E-state index in [4.69, 9.17) is 9.47 Å². The molecule has 0 heterocycles. The first kappa shape index (κ1) is 19.3. The molecule has 136 valence electrons. The van der Waals surface area contributed by atoms with E-state index in [0.29, 0.717) is 59.3 Å². The monoisotopic (exact) mass is 411 g/mol. The number of rotatable bonds is 7. The van der Waals surface area contributed by atoms with Gasteiger partial charge in [0.1, 0.15) is 11.5 Å². The Morgan fingerprint density at radius 2 is 2.00 bits per heavy atom. The Morgan fingerprint density at radius 3 is 2.68 bits per heavy atom. The van der Waals surface area contributed by atoms with Crippen molar-refractivity contribution in [2.24, 2.45) is 0 Å². The lowest BCUT2D eigenvalue weighted by molar-refractivity contribution is -0.139. The van der Waals surface area contributed by atoms with Crippen molar-refractivity contribution in [2.75, 3.05) is 20.3 Å². The molecule has 2 N–H and O–H groups in total. The molecule has 25 heavy (non-hydrogen) atoms. The fourth-order valence-electron chi connectivity index (χ4n) is 2.80. The van der Waals surface area contributed by atoms with Crippen molar-refractivity contribution in [3.8, 4) is 11.5 Å². The minimum absolute atomic E-state index is 0.134. The van der Waals surface area contributed by atoms with Gasteiger partial charge >= 0.3 is 5.97 Å². The number of phenols is 1. The predicted octanol–water partition coefficient (Wildman–Crippen LogP) is 2.87. The van der Waals surface area contributed by atoms with Gasteiger partial charge in [-0.3, -0.25) is 4.79 Å². The zero-order chi connectivity index (χ0) is 18.4. The molecule has 2 rings (SSSR count). The zero-order valence-electron chi connectivity index (χ0n) is 14.4. The summed E-state index contributed by atoms with van der Waals surface area (Å²) in [6.45, 7) is 2.38. The number of amides is 1. The number of nitrogens with one attached hydrogen (secondary N) is 1. The van der Waals surface area contributed by atoms with Crippen LogP contribution in [0.4, 0.5) is 0 Å². The zero-order valence-corrected chi connectivity index (χ0v) is 15.9. The highest BCUT2D eigenvalue weighted by Gasteiger charge is 2.26. The van der Waals surface area contributed by atoms with Crippen LogP contribution in [0.25, 0.3) is 0 Å². The normalized spacial score (nSPS) is 13.7. The Hall–Kier alpha value is -2.02. The van der Waals surface area contributed by atoms with Crippen LogP contribution >= 0.6 is 15.9 Å². The first-order valence-electron chi connectivity index (χ1n) is 8.20. The van der Waals surface area contributed by atoms with Gasteiger partial charge in [-0.1, -0.05) is 0 Å². The molecule has 1 aliphatic rings. The van der Waals surface area contributed by atoms with Gasteiger partial charge in [0, 0.05) is 17.7 Å². The van der Waals surface area contributed by atoms with Crippen LogP contribution in [0.2, 0.25) is 0 Å². The molecule has 0 radical (unpaired) electrons. The van der Waals surface area contributed by atoms with Gasteiger partial charge in [-0.05, 0) is 66.2 Å².